The van der Waals surface area contributed by atoms with Crippen molar-refractivity contribution in [2.75, 3.05) is 6.16 Å². The summed E-state index contributed by atoms with van der Waals surface area (Å²) in [6.07, 6.45) is 4.48. The third kappa shape index (κ3) is 0.283. The molecule has 0 nitrogen and oxygen atoms in total. The van der Waals surface area contributed by atoms with Gasteiger partial charge in [-0.1, -0.05) is 13.7 Å². The van der Waals surface area contributed by atoms with Gasteiger partial charge in [0.25, 0.3) is 0 Å². The molecule has 0 N–H and O–H groups in total. The highest BCUT2D eigenvalue weighted by Gasteiger charge is 2.28. The zero-order valence-electron chi connectivity index (χ0n) is 3.65. The Balaban J connectivity index is 2.22. The van der Waals surface area contributed by atoms with Crippen LogP contribution in [0.2, 0.25) is 0 Å². The first kappa shape index (κ1) is 3.21. The second-order valence-electron chi connectivity index (χ2n) is 1.92. The number of hydrogen-bond donors (Lipinski definition) is 0. The number of hydrogen-bond acceptors (Lipinski definition) is 0. The van der Waals surface area contributed by atoms with Crippen LogP contribution in [0.3, 0.4) is 0 Å². The van der Waals surface area contributed by atoms with E-state index in [2.05, 4.69) is 5.82 Å². The van der Waals surface area contributed by atoms with E-state index in [0.717, 1.165) is 0 Å². The van der Waals surface area contributed by atoms with Crippen LogP contribution in [0.15, 0.2) is 11.1 Å². The molecule has 6 heavy (non-hydrogen) atoms. The molecule has 0 spiro atoms. The lowest BCUT2D eigenvalue weighted by atomic mass is 10.3. The summed E-state index contributed by atoms with van der Waals surface area (Å²) in [6.45, 7) is 0. The Morgan fingerprint density at radius 2 is 2.67 bits per heavy atom. The van der Waals surface area contributed by atoms with Crippen molar-refractivity contribution >= 4 is 7.92 Å². The molecule has 0 radical (unpaired) electrons. The maximum absolute atomic E-state index is 2.46. The molecular weight excluding hydrogens is 91.0 g/mol. The van der Waals surface area contributed by atoms with Crippen molar-refractivity contribution in [1.82, 2.24) is 0 Å². The zero-order valence-corrected chi connectivity index (χ0v) is 4.54. The SMILES string of the molecule is C1=C2CCCP12. The molecule has 0 aromatic carbocycles. The Labute approximate surface area is 39.0 Å². The summed E-state index contributed by atoms with van der Waals surface area (Å²) >= 11 is 0. The summed E-state index contributed by atoms with van der Waals surface area (Å²) in [5.74, 6) is 2.46. The third-order valence-corrected chi connectivity index (χ3v) is 3.67. The van der Waals surface area contributed by atoms with Gasteiger partial charge in [-0.3, -0.25) is 0 Å². The minimum absolute atomic E-state index is 0.493. The van der Waals surface area contributed by atoms with Crippen molar-refractivity contribution in [3.05, 3.63) is 11.1 Å². The zero-order chi connectivity index (χ0) is 3.98. The first-order valence-corrected chi connectivity index (χ1v) is 4.04. The molecule has 1 heteroatoms. The minimum atomic E-state index is 0.493. The van der Waals surface area contributed by atoms with Crippen molar-refractivity contribution in [3.8, 4) is 0 Å². The van der Waals surface area contributed by atoms with Gasteiger partial charge in [-0.25, -0.2) is 0 Å². The van der Waals surface area contributed by atoms with Crippen LogP contribution in [-0.4, -0.2) is 6.16 Å². The van der Waals surface area contributed by atoms with E-state index in [1.807, 2.05) is 5.31 Å². The van der Waals surface area contributed by atoms with Crippen LogP contribution >= 0.6 is 7.92 Å². The molecule has 1 fully saturated rings. The molecule has 0 bridgehead atoms. The van der Waals surface area contributed by atoms with Gasteiger partial charge in [-0.05, 0) is 24.3 Å². The number of rotatable bonds is 0. The van der Waals surface area contributed by atoms with E-state index in [1.165, 1.54) is 19.0 Å². The molecule has 2 rings (SSSR count). The van der Waals surface area contributed by atoms with Crippen LogP contribution in [0.25, 0.3) is 0 Å². The van der Waals surface area contributed by atoms with Gasteiger partial charge in [0.2, 0.25) is 0 Å². The summed E-state index contributed by atoms with van der Waals surface area (Å²) in [5.41, 5.74) is 0. The fourth-order valence-electron chi connectivity index (χ4n) is 0.998. The maximum Gasteiger partial charge on any atom is -0.0250 e. The normalized spacial score (nSPS) is 38.7. The predicted molar refractivity (Wildman–Crippen MR) is 29.1 cm³/mol. The van der Waals surface area contributed by atoms with Crippen molar-refractivity contribution in [2.24, 2.45) is 0 Å². The molecule has 0 aromatic rings. The van der Waals surface area contributed by atoms with Gasteiger partial charge in [0, 0.05) is 0 Å². The summed E-state index contributed by atoms with van der Waals surface area (Å²) in [7, 11) is 0.493. The molecule has 1 atom stereocenters. The first-order valence-electron chi connectivity index (χ1n) is 2.44. The van der Waals surface area contributed by atoms with Gasteiger partial charge in [-0.2, -0.15) is 0 Å². The average Bonchev–Trinajstić information content (AvgIpc) is 2.17. The highest BCUT2D eigenvalue weighted by atomic mass is 31.1. The summed E-state index contributed by atoms with van der Waals surface area (Å²) in [4.78, 5) is 0. The van der Waals surface area contributed by atoms with Gasteiger partial charge < -0.3 is 0 Å². The molecule has 2 aliphatic heterocycles. The molecule has 0 aliphatic carbocycles. The fourth-order valence-corrected chi connectivity index (χ4v) is 3.03. The van der Waals surface area contributed by atoms with Gasteiger partial charge in [0.1, 0.15) is 0 Å². The maximum atomic E-state index is 2.46. The van der Waals surface area contributed by atoms with Crippen LogP contribution in [0.5, 0.6) is 0 Å². The molecular formula is C5H7P. The van der Waals surface area contributed by atoms with E-state index in [4.69, 9.17) is 0 Å². The van der Waals surface area contributed by atoms with E-state index in [1.54, 1.807) is 0 Å². The highest BCUT2D eigenvalue weighted by molar-refractivity contribution is 7.72. The van der Waals surface area contributed by atoms with E-state index in [-0.39, 0.29) is 0 Å². The molecule has 32 valence electrons. The quantitative estimate of drug-likeness (QED) is 0.407. The Bertz CT molecular complexity index is 105. The average molecular weight is 98.1 g/mol. The Morgan fingerprint density at radius 3 is 2.83 bits per heavy atom. The summed E-state index contributed by atoms with van der Waals surface area (Å²) < 4.78 is 0. The van der Waals surface area contributed by atoms with Gasteiger partial charge in [0.05, 0.1) is 0 Å². The summed E-state index contributed by atoms with van der Waals surface area (Å²) in [6, 6.07) is 0. The number of fused-ring (bicyclic) bond motifs is 1. The molecule has 1 unspecified atom stereocenters. The predicted octanol–water partition coefficient (Wildman–Crippen LogP) is 2.12. The number of allylic oxidation sites excluding steroid dienone is 1. The second kappa shape index (κ2) is 0.869. The molecule has 1 saturated heterocycles. The highest BCUT2D eigenvalue weighted by Crippen LogP contribution is 2.68. The van der Waals surface area contributed by atoms with Crippen molar-refractivity contribution < 1.29 is 0 Å². The van der Waals surface area contributed by atoms with Gasteiger partial charge in [-0.15, -0.1) is 0 Å². The fraction of sp³-hybridized carbons (Fsp3) is 0.600. The lowest BCUT2D eigenvalue weighted by molar-refractivity contribution is 0.993. The topological polar surface area (TPSA) is 0 Å². The van der Waals surface area contributed by atoms with Crippen molar-refractivity contribution in [1.29, 1.82) is 0 Å². The first-order chi connectivity index (χ1) is 2.97. The van der Waals surface area contributed by atoms with Crippen LogP contribution in [0, 0.1) is 0 Å². The smallest absolute Gasteiger partial charge is 0.0250 e. The van der Waals surface area contributed by atoms with Crippen LogP contribution < -0.4 is 0 Å². The van der Waals surface area contributed by atoms with E-state index < -0.39 is 0 Å². The molecule has 2 heterocycles. The molecule has 0 aromatic heterocycles. The Kier molecular flexibility index (Phi) is 0.465. The Morgan fingerprint density at radius 1 is 1.67 bits per heavy atom. The monoisotopic (exact) mass is 98.0 g/mol. The Hall–Kier alpha value is 0.170. The van der Waals surface area contributed by atoms with E-state index >= 15 is 0 Å². The minimum Gasteiger partial charge on any atom is -0.0559 e. The van der Waals surface area contributed by atoms with Crippen LogP contribution in [-0.2, 0) is 0 Å². The van der Waals surface area contributed by atoms with Crippen molar-refractivity contribution in [3.63, 3.8) is 0 Å². The van der Waals surface area contributed by atoms with Crippen LogP contribution in [0.4, 0.5) is 0 Å². The summed E-state index contributed by atoms with van der Waals surface area (Å²) in [5, 5.41) is 1.81. The standard InChI is InChI=1S/C5H7P/c1-2-5-4-6(5)3-1/h4H,1-3H2. The largest absolute Gasteiger partial charge is 0.0559 e. The lowest BCUT2D eigenvalue weighted by Gasteiger charge is -1.77. The second-order valence-corrected chi connectivity index (χ2v) is 4.14. The van der Waals surface area contributed by atoms with E-state index in [9.17, 15) is 0 Å². The van der Waals surface area contributed by atoms with Crippen molar-refractivity contribution in [2.45, 2.75) is 12.8 Å². The third-order valence-electron chi connectivity index (χ3n) is 1.44. The molecule has 0 saturated carbocycles. The van der Waals surface area contributed by atoms with Gasteiger partial charge in [0.15, 0.2) is 0 Å². The van der Waals surface area contributed by atoms with Crippen LogP contribution in [0.1, 0.15) is 12.8 Å². The molecule has 0 amide bonds. The lowest BCUT2D eigenvalue weighted by Crippen LogP contribution is -1.62. The van der Waals surface area contributed by atoms with Gasteiger partial charge >= 0.3 is 0 Å². The van der Waals surface area contributed by atoms with E-state index in [0.29, 0.717) is 7.92 Å². The molecule has 2 aliphatic rings.